The lowest BCUT2D eigenvalue weighted by Gasteiger charge is -2.17. The zero-order valence-electron chi connectivity index (χ0n) is 8.66. The summed E-state index contributed by atoms with van der Waals surface area (Å²) in [4.78, 5) is 1.66. The average molecular weight is 255 g/mol. The van der Waals surface area contributed by atoms with E-state index in [0.29, 0.717) is 30.8 Å². The second kappa shape index (κ2) is 5.44. The van der Waals surface area contributed by atoms with Gasteiger partial charge in [0.05, 0.1) is 0 Å². The van der Waals surface area contributed by atoms with Crippen molar-refractivity contribution in [1.29, 1.82) is 0 Å². The smallest absolute Gasteiger partial charge is 0.396 e. The fraction of sp³-hybridized carbons (Fsp3) is 0.750. The van der Waals surface area contributed by atoms with Gasteiger partial charge in [-0.15, -0.1) is 10.2 Å². The molecule has 0 radical (unpaired) electrons. The fourth-order valence-electron chi connectivity index (χ4n) is 1.11. The Labute approximate surface area is 94.7 Å². The van der Waals surface area contributed by atoms with Crippen molar-refractivity contribution < 1.29 is 18.3 Å². The quantitative estimate of drug-likeness (QED) is 0.871. The predicted molar refractivity (Wildman–Crippen MR) is 54.5 cm³/mol. The minimum atomic E-state index is -4.44. The highest BCUT2D eigenvalue weighted by Gasteiger charge is 2.36. The molecule has 1 aromatic heterocycles. The van der Waals surface area contributed by atoms with Crippen molar-refractivity contribution in [2.24, 2.45) is 0 Å². The maximum absolute atomic E-state index is 12.3. The Morgan fingerprint density at radius 3 is 2.50 bits per heavy atom. The molecule has 0 bridgehead atoms. The van der Waals surface area contributed by atoms with Crippen LogP contribution in [0, 0.1) is 0 Å². The molecule has 1 N–H and O–H groups in total. The summed E-state index contributed by atoms with van der Waals surface area (Å²) in [6.45, 7) is 2.82. The summed E-state index contributed by atoms with van der Waals surface area (Å²) >= 11 is 0.520. The van der Waals surface area contributed by atoms with Gasteiger partial charge in [0.15, 0.2) is 0 Å². The lowest BCUT2D eigenvalue weighted by Crippen LogP contribution is -2.24. The van der Waals surface area contributed by atoms with Crippen LogP contribution < -0.4 is 4.90 Å². The Morgan fingerprint density at radius 1 is 1.38 bits per heavy atom. The minimum Gasteiger partial charge on any atom is -0.396 e. The summed E-state index contributed by atoms with van der Waals surface area (Å²) in [6.07, 6.45) is -3.94. The maximum Gasteiger partial charge on any atom is 0.445 e. The lowest BCUT2D eigenvalue weighted by molar-refractivity contribution is -0.138. The van der Waals surface area contributed by atoms with E-state index in [0.717, 1.165) is 0 Å². The van der Waals surface area contributed by atoms with Crippen molar-refractivity contribution in [2.75, 3.05) is 24.6 Å². The summed E-state index contributed by atoms with van der Waals surface area (Å²) in [5.41, 5.74) is 0. The first-order valence-corrected chi connectivity index (χ1v) is 5.57. The van der Waals surface area contributed by atoms with Crippen molar-refractivity contribution >= 4 is 16.5 Å². The van der Waals surface area contributed by atoms with Crippen molar-refractivity contribution in [3.63, 3.8) is 0 Å². The largest absolute Gasteiger partial charge is 0.445 e. The molecule has 0 aliphatic rings. The molecule has 0 aliphatic carbocycles. The van der Waals surface area contributed by atoms with E-state index in [1.807, 2.05) is 6.92 Å². The molecule has 0 amide bonds. The third kappa shape index (κ3) is 3.31. The van der Waals surface area contributed by atoms with Gasteiger partial charge in [-0.25, -0.2) is 0 Å². The third-order valence-corrected chi connectivity index (χ3v) is 2.92. The van der Waals surface area contributed by atoms with Gasteiger partial charge in [0, 0.05) is 19.7 Å². The van der Waals surface area contributed by atoms with Crippen molar-refractivity contribution in [2.45, 2.75) is 19.5 Å². The first kappa shape index (κ1) is 13.2. The molecule has 0 unspecified atom stereocenters. The zero-order valence-corrected chi connectivity index (χ0v) is 9.48. The standard InChI is InChI=1S/C8H12F3N3OS/c1-2-14(4-3-5-15)7-13-12-6(16-7)8(9,10)11/h15H,2-5H2,1H3. The molecule has 0 aromatic carbocycles. The molecule has 0 saturated heterocycles. The molecule has 1 rings (SSSR count). The van der Waals surface area contributed by atoms with Gasteiger partial charge < -0.3 is 10.0 Å². The molecule has 0 fully saturated rings. The Morgan fingerprint density at radius 2 is 2.06 bits per heavy atom. The minimum absolute atomic E-state index is 0.00142. The van der Waals surface area contributed by atoms with Crippen LogP contribution in [0.2, 0.25) is 0 Å². The maximum atomic E-state index is 12.3. The summed E-state index contributed by atoms with van der Waals surface area (Å²) in [5.74, 6) is 0. The number of nitrogens with zero attached hydrogens (tertiary/aromatic N) is 3. The number of anilines is 1. The second-order valence-electron chi connectivity index (χ2n) is 3.04. The van der Waals surface area contributed by atoms with Crippen LogP contribution in [0.1, 0.15) is 18.4 Å². The summed E-state index contributed by atoms with van der Waals surface area (Å²) in [7, 11) is 0. The highest BCUT2D eigenvalue weighted by molar-refractivity contribution is 7.15. The Balaban J connectivity index is 2.75. The number of halogens is 3. The van der Waals surface area contributed by atoms with Crippen LogP contribution in [-0.4, -0.2) is 35.0 Å². The highest BCUT2D eigenvalue weighted by Crippen LogP contribution is 2.34. The van der Waals surface area contributed by atoms with Gasteiger partial charge in [-0.05, 0) is 13.3 Å². The van der Waals surface area contributed by atoms with Gasteiger partial charge in [-0.1, -0.05) is 11.3 Å². The molecule has 16 heavy (non-hydrogen) atoms. The predicted octanol–water partition coefficient (Wildman–Crippen LogP) is 1.77. The van der Waals surface area contributed by atoms with E-state index >= 15 is 0 Å². The van der Waals surface area contributed by atoms with Gasteiger partial charge in [0.2, 0.25) is 10.1 Å². The average Bonchev–Trinajstić information content (AvgIpc) is 2.68. The van der Waals surface area contributed by atoms with Crippen LogP contribution in [0.5, 0.6) is 0 Å². The van der Waals surface area contributed by atoms with Gasteiger partial charge in [0.1, 0.15) is 0 Å². The Kier molecular flexibility index (Phi) is 4.48. The first-order chi connectivity index (χ1) is 7.49. The van der Waals surface area contributed by atoms with Crippen molar-refractivity contribution in [3.8, 4) is 0 Å². The van der Waals surface area contributed by atoms with Crippen LogP contribution in [0.25, 0.3) is 0 Å². The molecule has 0 spiro atoms. The van der Waals surface area contributed by atoms with E-state index in [4.69, 9.17) is 5.11 Å². The van der Waals surface area contributed by atoms with Gasteiger partial charge in [-0.3, -0.25) is 0 Å². The number of aliphatic hydroxyl groups is 1. The monoisotopic (exact) mass is 255 g/mol. The SMILES string of the molecule is CCN(CCCO)c1nnc(C(F)(F)F)s1. The molecule has 0 atom stereocenters. The molecule has 1 heterocycles. The first-order valence-electron chi connectivity index (χ1n) is 4.75. The fourth-order valence-corrected chi connectivity index (χ4v) is 1.91. The van der Waals surface area contributed by atoms with E-state index in [1.54, 1.807) is 4.90 Å². The van der Waals surface area contributed by atoms with Gasteiger partial charge >= 0.3 is 6.18 Å². The molecule has 4 nitrogen and oxygen atoms in total. The van der Waals surface area contributed by atoms with E-state index in [-0.39, 0.29) is 11.7 Å². The topological polar surface area (TPSA) is 49.2 Å². The number of hydrogen-bond acceptors (Lipinski definition) is 5. The highest BCUT2D eigenvalue weighted by atomic mass is 32.1. The van der Waals surface area contributed by atoms with Crippen LogP contribution >= 0.6 is 11.3 Å². The zero-order chi connectivity index (χ0) is 12.2. The second-order valence-corrected chi connectivity index (χ2v) is 4.00. The number of aromatic nitrogens is 2. The van der Waals surface area contributed by atoms with E-state index in [9.17, 15) is 13.2 Å². The Bertz CT molecular complexity index is 329. The van der Waals surface area contributed by atoms with Crippen molar-refractivity contribution in [3.05, 3.63) is 5.01 Å². The summed E-state index contributed by atoms with van der Waals surface area (Å²) in [6, 6.07) is 0. The molecule has 0 saturated carbocycles. The van der Waals surface area contributed by atoms with Crippen LogP contribution in [0.3, 0.4) is 0 Å². The summed E-state index contributed by atoms with van der Waals surface area (Å²) < 4.78 is 36.8. The molecular weight excluding hydrogens is 243 g/mol. The molecule has 92 valence electrons. The molecular formula is C8H12F3N3OS. The molecule has 8 heteroatoms. The number of rotatable bonds is 5. The number of aliphatic hydroxyl groups excluding tert-OH is 1. The van der Waals surface area contributed by atoms with E-state index in [1.165, 1.54) is 0 Å². The number of alkyl halides is 3. The molecule has 1 aromatic rings. The summed E-state index contributed by atoms with van der Waals surface area (Å²) in [5, 5.41) is 14.6. The Hall–Kier alpha value is -0.890. The van der Waals surface area contributed by atoms with Crippen LogP contribution in [-0.2, 0) is 6.18 Å². The molecule has 0 aliphatic heterocycles. The van der Waals surface area contributed by atoms with Crippen LogP contribution in [0.15, 0.2) is 0 Å². The third-order valence-electron chi connectivity index (χ3n) is 1.90. The van der Waals surface area contributed by atoms with Crippen molar-refractivity contribution in [1.82, 2.24) is 10.2 Å². The normalized spacial score (nSPS) is 11.8. The lowest BCUT2D eigenvalue weighted by atomic mass is 10.4. The van der Waals surface area contributed by atoms with E-state index in [2.05, 4.69) is 10.2 Å². The van der Waals surface area contributed by atoms with Crippen LogP contribution in [0.4, 0.5) is 18.3 Å². The number of hydrogen-bond donors (Lipinski definition) is 1. The van der Waals surface area contributed by atoms with E-state index < -0.39 is 11.2 Å². The van der Waals surface area contributed by atoms with Gasteiger partial charge in [-0.2, -0.15) is 13.2 Å². The van der Waals surface area contributed by atoms with Gasteiger partial charge in [0.25, 0.3) is 0 Å².